The van der Waals surface area contributed by atoms with Crippen LogP contribution in [0.2, 0.25) is 0 Å². The molecule has 1 nitrogen and oxygen atoms in total. The van der Waals surface area contributed by atoms with Crippen LogP contribution in [0.15, 0.2) is 11.6 Å². The highest BCUT2D eigenvalue weighted by Gasteiger charge is 2.39. The maximum Gasteiger partial charge on any atom is 0.0780 e. The van der Waals surface area contributed by atoms with Gasteiger partial charge in [0.2, 0.25) is 0 Å². The van der Waals surface area contributed by atoms with E-state index in [1.54, 1.807) is 5.54 Å². The van der Waals surface area contributed by atoms with Gasteiger partial charge in [-0.3, -0.25) is 0 Å². The zero-order valence-electron chi connectivity index (χ0n) is 9.67. The molecule has 1 heterocycles. The van der Waals surface area contributed by atoms with Gasteiger partial charge in [0.15, 0.2) is 0 Å². The lowest BCUT2D eigenvalue weighted by Gasteiger charge is -2.43. The van der Waals surface area contributed by atoms with E-state index in [0.717, 1.165) is 12.8 Å². The molecule has 4 atom stereocenters. The van der Waals surface area contributed by atoms with E-state index in [1.807, 2.05) is 6.08 Å². The summed E-state index contributed by atoms with van der Waals surface area (Å²) in [6, 6.07) is 0. The first-order chi connectivity index (χ1) is 6.99. The quantitative estimate of drug-likeness (QED) is 0.697. The summed E-state index contributed by atoms with van der Waals surface area (Å²) in [5.41, 5.74) is 1.55. The molecular weight excluding hydrogens is 275 g/mol. The van der Waals surface area contributed by atoms with Crippen molar-refractivity contribution < 1.29 is 4.74 Å². The molecule has 3 heteroatoms. The van der Waals surface area contributed by atoms with Gasteiger partial charge in [0.1, 0.15) is 0 Å². The molecule has 0 aromatic rings. The summed E-state index contributed by atoms with van der Waals surface area (Å²) in [6.45, 7) is 6.60. The second-order valence-electron chi connectivity index (χ2n) is 4.70. The van der Waals surface area contributed by atoms with Crippen LogP contribution in [0.5, 0.6) is 0 Å². The van der Waals surface area contributed by atoms with Gasteiger partial charge in [-0.25, -0.2) is 0 Å². The van der Waals surface area contributed by atoms with Gasteiger partial charge in [0, 0.05) is 10.4 Å². The predicted octanol–water partition coefficient (Wildman–Crippen LogP) is 4.49. The molecule has 0 spiro atoms. The van der Waals surface area contributed by atoms with Crippen molar-refractivity contribution in [2.24, 2.45) is 5.92 Å². The Morgan fingerprint density at radius 1 is 1.67 bits per heavy atom. The van der Waals surface area contributed by atoms with Crippen molar-refractivity contribution in [3.8, 4) is 0 Å². The van der Waals surface area contributed by atoms with Crippen LogP contribution in [0.4, 0.5) is 0 Å². The summed E-state index contributed by atoms with van der Waals surface area (Å²) in [5.74, 6) is 0.622. The molecule has 0 N–H and O–H groups in total. The van der Waals surface area contributed by atoms with E-state index in [2.05, 4.69) is 36.7 Å². The van der Waals surface area contributed by atoms with E-state index < -0.39 is 0 Å². The minimum atomic E-state index is -0.0304. The number of alkyl halides is 1. The Hall–Kier alpha value is 0.470. The number of hydrogen-bond acceptors (Lipinski definition) is 1. The second-order valence-corrected chi connectivity index (χ2v) is 6.32. The summed E-state index contributed by atoms with van der Waals surface area (Å²) >= 11 is 9.20. The smallest absolute Gasteiger partial charge is 0.0780 e. The molecular formula is C12H20BrClO. The van der Waals surface area contributed by atoms with Crippen molar-refractivity contribution >= 4 is 27.5 Å². The van der Waals surface area contributed by atoms with Gasteiger partial charge in [-0.15, -0.1) is 0 Å². The average molecular weight is 296 g/mol. The minimum absolute atomic E-state index is 0.0304. The summed E-state index contributed by atoms with van der Waals surface area (Å²) < 4.78 is 6.19. The number of ether oxygens (including phenoxy) is 1. The third-order valence-electron chi connectivity index (χ3n) is 3.45. The van der Waals surface area contributed by atoms with E-state index in [-0.39, 0.29) is 5.60 Å². The summed E-state index contributed by atoms with van der Waals surface area (Å²) in [7, 11) is 0. The van der Waals surface area contributed by atoms with E-state index >= 15 is 0 Å². The van der Waals surface area contributed by atoms with Gasteiger partial charge in [0.05, 0.1) is 11.7 Å². The first-order valence-corrected chi connectivity index (χ1v) is 6.92. The molecule has 1 fully saturated rings. The van der Waals surface area contributed by atoms with Gasteiger partial charge in [-0.2, -0.15) is 0 Å². The molecule has 0 saturated carbocycles. The molecule has 1 aliphatic heterocycles. The van der Waals surface area contributed by atoms with Crippen LogP contribution in [-0.4, -0.2) is 16.5 Å². The fourth-order valence-corrected chi connectivity index (χ4v) is 2.42. The summed E-state index contributed by atoms with van der Waals surface area (Å²) in [4.78, 5) is 0.389. The van der Waals surface area contributed by atoms with Crippen LogP contribution in [-0.2, 0) is 4.74 Å². The third-order valence-corrected chi connectivity index (χ3v) is 4.60. The van der Waals surface area contributed by atoms with Gasteiger partial charge < -0.3 is 4.74 Å². The maximum absolute atomic E-state index is 6.19. The lowest BCUT2D eigenvalue weighted by atomic mass is 9.84. The Labute approximate surface area is 106 Å². The molecule has 0 aliphatic carbocycles. The topological polar surface area (TPSA) is 9.23 Å². The number of hydrogen-bond donors (Lipinski definition) is 0. The van der Waals surface area contributed by atoms with Crippen LogP contribution in [0, 0.1) is 5.92 Å². The standard InChI is InChI=1S/C12H20BrClO/c1-9-6-7-12(3,10(2)13)15-11(9)5-4-8-14/h4,8-11H,5-7H2,1-3H3/b8-4+/t9-,10+,11-,12+/m1/s1. The van der Waals surface area contributed by atoms with E-state index in [0.29, 0.717) is 16.8 Å². The number of rotatable bonds is 3. The van der Waals surface area contributed by atoms with Crippen molar-refractivity contribution in [1.82, 2.24) is 0 Å². The Morgan fingerprint density at radius 3 is 2.87 bits per heavy atom. The predicted molar refractivity (Wildman–Crippen MR) is 69.7 cm³/mol. The third kappa shape index (κ3) is 3.47. The molecule has 0 aromatic carbocycles. The summed E-state index contributed by atoms with van der Waals surface area (Å²) in [6.07, 6.45) is 5.56. The average Bonchev–Trinajstić information content (AvgIpc) is 2.19. The van der Waals surface area contributed by atoms with Crippen molar-refractivity contribution in [2.45, 2.75) is 56.6 Å². The lowest BCUT2D eigenvalue weighted by Crippen LogP contribution is -2.46. The molecule has 0 unspecified atom stereocenters. The van der Waals surface area contributed by atoms with Gasteiger partial charge in [-0.05, 0) is 39.0 Å². The van der Waals surface area contributed by atoms with Crippen molar-refractivity contribution in [1.29, 1.82) is 0 Å². The zero-order valence-corrected chi connectivity index (χ0v) is 12.0. The molecule has 0 aromatic heterocycles. The largest absolute Gasteiger partial charge is 0.370 e. The first-order valence-electron chi connectivity index (χ1n) is 5.56. The fourth-order valence-electron chi connectivity index (χ4n) is 1.98. The first kappa shape index (κ1) is 13.5. The SMILES string of the molecule is C[C@@H]1CC[C@@](C)([C@H](C)Br)O[C@@H]1C/C=C/Cl. The number of halogens is 2. The highest BCUT2D eigenvalue weighted by atomic mass is 79.9. The highest BCUT2D eigenvalue weighted by molar-refractivity contribution is 9.09. The molecule has 0 bridgehead atoms. The molecule has 1 rings (SSSR count). The monoisotopic (exact) mass is 294 g/mol. The molecule has 1 saturated heterocycles. The van der Waals surface area contributed by atoms with Gasteiger partial charge in [0.25, 0.3) is 0 Å². The Kier molecular flexibility index (Phi) is 5.14. The van der Waals surface area contributed by atoms with Crippen molar-refractivity contribution in [3.63, 3.8) is 0 Å². The molecule has 0 amide bonds. The Balaban J connectivity index is 2.63. The highest BCUT2D eigenvalue weighted by Crippen LogP contribution is 2.38. The van der Waals surface area contributed by atoms with Crippen LogP contribution >= 0.6 is 27.5 Å². The van der Waals surface area contributed by atoms with Crippen LogP contribution in [0.1, 0.15) is 40.0 Å². The molecule has 1 aliphatic rings. The van der Waals surface area contributed by atoms with E-state index in [4.69, 9.17) is 16.3 Å². The molecule has 88 valence electrons. The Morgan fingerprint density at radius 2 is 2.33 bits per heavy atom. The van der Waals surface area contributed by atoms with Gasteiger partial charge in [-0.1, -0.05) is 40.5 Å². The lowest BCUT2D eigenvalue weighted by molar-refractivity contribution is -0.136. The molecule has 15 heavy (non-hydrogen) atoms. The Bertz CT molecular complexity index is 230. The van der Waals surface area contributed by atoms with Gasteiger partial charge >= 0.3 is 0 Å². The fraction of sp³-hybridized carbons (Fsp3) is 0.833. The molecule has 0 radical (unpaired) electrons. The van der Waals surface area contributed by atoms with Crippen LogP contribution in [0.3, 0.4) is 0 Å². The van der Waals surface area contributed by atoms with Crippen molar-refractivity contribution in [3.05, 3.63) is 11.6 Å². The van der Waals surface area contributed by atoms with Crippen LogP contribution < -0.4 is 0 Å². The van der Waals surface area contributed by atoms with Crippen molar-refractivity contribution in [2.75, 3.05) is 0 Å². The van der Waals surface area contributed by atoms with Crippen LogP contribution in [0.25, 0.3) is 0 Å². The maximum atomic E-state index is 6.19. The van der Waals surface area contributed by atoms with E-state index in [9.17, 15) is 0 Å². The van der Waals surface area contributed by atoms with E-state index in [1.165, 1.54) is 6.42 Å². The minimum Gasteiger partial charge on any atom is -0.370 e. The summed E-state index contributed by atoms with van der Waals surface area (Å²) in [5, 5.41) is 0. The second kappa shape index (κ2) is 5.70. The normalized spacial score (nSPS) is 39.5. The zero-order chi connectivity index (χ0) is 11.5.